The van der Waals surface area contributed by atoms with E-state index in [1.54, 1.807) is 31.0 Å². The predicted octanol–water partition coefficient (Wildman–Crippen LogP) is 0.665. The topological polar surface area (TPSA) is 89.7 Å². The Morgan fingerprint density at radius 2 is 2.10 bits per heavy atom. The summed E-state index contributed by atoms with van der Waals surface area (Å²) in [5.74, 6) is 0.383. The van der Waals surface area contributed by atoms with Crippen molar-refractivity contribution in [2.45, 2.75) is 24.3 Å². The molecular formula is C14H22N2O4S. The van der Waals surface area contributed by atoms with Crippen molar-refractivity contribution >= 4 is 15.7 Å². The highest BCUT2D eigenvalue weighted by atomic mass is 32.2. The number of amides is 1. The Morgan fingerprint density at radius 1 is 1.43 bits per heavy atom. The van der Waals surface area contributed by atoms with E-state index < -0.39 is 15.9 Å². The number of likely N-dealkylation sites (N-methyl/N-ethyl adjacent to an activating group) is 1. The molecular weight excluding hydrogens is 292 g/mol. The molecule has 0 bridgehead atoms. The quantitative estimate of drug-likeness (QED) is 0.747. The normalized spacial score (nSPS) is 12.8. The summed E-state index contributed by atoms with van der Waals surface area (Å²) in [7, 11) is -1.55. The first-order valence-electron chi connectivity index (χ1n) is 6.65. The Bertz CT molecular complexity index is 584. The average Bonchev–Trinajstić information content (AvgIpc) is 2.41. The van der Waals surface area contributed by atoms with Crippen LogP contribution in [0.4, 0.5) is 0 Å². The fraction of sp³-hybridized carbons (Fsp3) is 0.500. The van der Waals surface area contributed by atoms with Crippen LogP contribution in [0.15, 0.2) is 29.2 Å². The third kappa shape index (κ3) is 5.73. The van der Waals surface area contributed by atoms with E-state index in [0.29, 0.717) is 25.3 Å². The lowest BCUT2D eigenvalue weighted by atomic mass is 10.3. The van der Waals surface area contributed by atoms with Gasteiger partial charge in [-0.3, -0.25) is 4.79 Å². The number of hydrogen-bond acceptors (Lipinski definition) is 5. The zero-order valence-electron chi connectivity index (χ0n) is 12.6. The lowest BCUT2D eigenvalue weighted by Crippen LogP contribution is -2.40. The molecule has 0 saturated carbocycles. The standard InChI is InChI=1S/C14H22N2O4S/c1-11(15)14(17)16(2)8-5-9-20-12-6-4-7-13(10-12)21(3,18)19/h4,6-7,10-11H,5,8-9,15H2,1-3H3/t11-/m0/s1. The first-order chi connectivity index (χ1) is 9.71. The van der Waals surface area contributed by atoms with Crippen LogP contribution in [-0.4, -0.2) is 51.7 Å². The molecule has 1 atom stereocenters. The highest BCUT2D eigenvalue weighted by molar-refractivity contribution is 7.90. The highest BCUT2D eigenvalue weighted by Crippen LogP contribution is 2.17. The molecule has 1 aromatic rings. The molecule has 1 amide bonds. The second kappa shape index (κ2) is 7.42. The van der Waals surface area contributed by atoms with Crippen molar-refractivity contribution in [3.05, 3.63) is 24.3 Å². The maximum Gasteiger partial charge on any atom is 0.238 e. The molecule has 0 spiro atoms. The first kappa shape index (κ1) is 17.5. The first-order valence-corrected chi connectivity index (χ1v) is 8.54. The smallest absolute Gasteiger partial charge is 0.238 e. The molecule has 0 saturated heterocycles. The zero-order chi connectivity index (χ0) is 16.0. The number of nitrogens with zero attached hydrogens (tertiary/aromatic N) is 1. The number of nitrogens with two attached hydrogens (primary N) is 1. The van der Waals surface area contributed by atoms with Gasteiger partial charge in [-0.05, 0) is 31.5 Å². The lowest BCUT2D eigenvalue weighted by Gasteiger charge is -2.19. The van der Waals surface area contributed by atoms with Gasteiger partial charge in [0.25, 0.3) is 0 Å². The fourth-order valence-corrected chi connectivity index (χ4v) is 2.40. The second-order valence-electron chi connectivity index (χ2n) is 5.00. The average molecular weight is 314 g/mol. The van der Waals surface area contributed by atoms with E-state index in [1.165, 1.54) is 12.1 Å². The van der Waals surface area contributed by atoms with Gasteiger partial charge in [0.15, 0.2) is 9.84 Å². The van der Waals surface area contributed by atoms with Crippen LogP contribution >= 0.6 is 0 Å². The Morgan fingerprint density at radius 3 is 2.67 bits per heavy atom. The van der Waals surface area contributed by atoms with Crippen LogP contribution in [0.5, 0.6) is 5.75 Å². The van der Waals surface area contributed by atoms with E-state index >= 15 is 0 Å². The minimum Gasteiger partial charge on any atom is -0.493 e. The van der Waals surface area contributed by atoms with Crippen LogP contribution in [0, 0.1) is 0 Å². The monoisotopic (exact) mass is 314 g/mol. The highest BCUT2D eigenvalue weighted by Gasteiger charge is 2.12. The summed E-state index contributed by atoms with van der Waals surface area (Å²) in [6.45, 7) is 2.57. The Kier molecular flexibility index (Phi) is 6.17. The van der Waals surface area contributed by atoms with E-state index in [4.69, 9.17) is 10.5 Å². The number of hydrogen-bond donors (Lipinski definition) is 1. The molecule has 2 N–H and O–H groups in total. The third-order valence-electron chi connectivity index (χ3n) is 2.91. The molecule has 1 aromatic carbocycles. The van der Waals surface area contributed by atoms with Crippen LogP contribution < -0.4 is 10.5 Å². The zero-order valence-corrected chi connectivity index (χ0v) is 13.4. The molecule has 7 heteroatoms. The van der Waals surface area contributed by atoms with Crippen molar-refractivity contribution in [1.29, 1.82) is 0 Å². The maximum absolute atomic E-state index is 11.6. The summed E-state index contributed by atoms with van der Waals surface area (Å²) in [5.41, 5.74) is 5.51. The minimum absolute atomic E-state index is 0.117. The number of carbonyl (C=O) groups excluding carboxylic acids is 1. The van der Waals surface area contributed by atoms with Crippen LogP contribution in [0.1, 0.15) is 13.3 Å². The fourth-order valence-electron chi connectivity index (χ4n) is 1.74. The lowest BCUT2D eigenvalue weighted by molar-refractivity contribution is -0.130. The van der Waals surface area contributed by atoms with Crippen molar-refractivity contribution in [3.63, 3.8) is 0 Å². The van der Waals surface area contributed by atoms with Crippen LogP contribution in [0.3, 0.4) is 0 Å². The summed E-state index contributed by atoms with van der Waals surface area (Å²) >= 11 is 0. The summed E-state index contributed by atoms with van der Waals surface area (Å²) in [5, 5.41) is 0. The van der Waals surface area contributed by atoms with Gasteiger partial charge in [0.05, 0.1) is 17.5 Å². The number of sulfone groups is 1. The van der Waals surface area contributed by atoms with Gasteiger partial charge in [0.1, 0.15) is 5.75 Å². The second-order valence-corrected chi connectivity index (χ2v) is 7.01. The third-order valence-corrected chi connectivity index (χ3v) is 4.02. The van der Waals surface area contributed by atoms with E-state index in [2.05, 4.69) is 0 Å². The van der Waals surface area contributed by atoms with Crippen molar-refractivity contribution in [2.24, 2.45) is 5.73 Å². The van der Waals surface area contributed by atoms with Gasteiger partial charge in [-0.1, -0.05) is 6.07 Å². The van der Waals surface area contributed by atoms with Gasteiger partial charge in [0.2, 0.25) is 5.91 Å². The largest absolute Gasteiger partial charge is 0.493 e. The van der Waals surface area contributed by atoms with Gasteiger partial charge in [-0.2, -0.15) is 0 Å². The summed E-state index contributed by atoms with van der Waals surface area (Å²) in [6.07, 6.45) is 1.79. The van der Waals surface area contributed by atoms with E-state index in [0.717, 1.165) is 6.26 Å². The predicted molar refractivity (Wildman–Crippen MR) is 81.0 cm³/mol. The molecule has 0 aromatic heterocycles. The molecule has 6 nitrogen and oxygen atoms in total. The van der Waals surface area contributed by atoms with Crippen molar-refractivity contribution in [1.82, 2.24) is 4.90 Å². The number of ether oxygens (including phenoxy) is 1. The molecule has 1 rings (SSSR count). The SMILES string of the molecule is C[C@H](N)C(=O)N(C)CCCOc1cccc(S(C)(=O)=O)c1. The van der Waals surface area contributed by atoms with Gasteiger partial charge < -0.3 is 15.4 Å². The van der Waals surface area contributed by atoms with Crippen LogP contribution in [0.2, 0.25) is 0 Å². The summed E-state index contributed by atoms with van der Waals surface area (Å²) in [4.78, 5) is 13.3. The molecule has 0 fully saturated rings. The molecule has 0 heterocycles. The maximum atomic E-state index is 11.6. The molecule has 0 aliphatic heterocycles. The molecule has 21 heavy (non-hydrogen) atoms. The van der Waals surface area contributed by atoms with Gasteiger partial charge in [-0.25, -0.2) is 8.42 Å². The molecule has 0 radical (unpaired) electrons. The molecule has 118 valence electrons. The number of benzene rings is 1. The van der Waals surface area contributed by atoms with E-state index in [9.17, 15) is 13.2 Å². The summed E-state index contributed by atoms with van der Waals surface area (Å²) in [6, 6.07) is 5.84. The molecule has 0 unspecified atom stereocenters. The van der Waals surface area contributed by atoms with E-state index in [-0.39, 0.29) is 10.8 Å². The van der Waals surface area contributed by atoms with Crippen LogP contribution in [0.25, 0.3) is 0 Å². The summed E-state index contributed by atoms with van der Waals surface area (Å²) < 4.78 is 28.4. The Labute approximate surface area is 125 Å². The van der Waals surface area contributed by atoms with Gasteiger partial charge in [0, 0.05) is 19.8 Å². The molecule has 0 aliphatic rings. The molecule has 0 aliphatic carbocycles. The number of carbonyl (C=O) groups is 1. The number of rotatable bonds is 7. The Hall–Kier alpha value is -1.60. The van der Waals surface area contributed by atoms with E-state index in [1.807, 2.05) is 0 Å². The minimum atomic E-state index is -3.24. The Balaban J connectivity index is 2.45. The van der Waals surface area contributed by atoms with Gasteiger partial charge in [-0.15, -0.1) is 0 Å². The van der Waals surface area contributed by atoms with Gasteiger partial charge >= 0.3 is 0 Å². The van der Waals surface area contributed by atoms with Crippen molar-refractivity contribution in [2.75, 3.05) is 26.5 Å². The van der Waals surface area contributed by atoms with Crippen LogP contribution in [-0.2, 0) is 14.6 Å². The van der Waals surface area contributed by atoms with Crippen molar-refractivity contribution in [3.8, 4) is 5.75 Å². The van der Waals surface area contributed by atoms with Crippen molar-refractivity contribution < 1.29 is 17.9 Å².